The van der Waals surface area contributed by atoms with Gasteiger partial charge in [-0.05, 0) is 61.2 Å². The summed E-state index contributed by atoms with van der Waals surface area (Å²) < 4.78 is 31.7. The van der Waals surface area contributed by atoms with Crippen LogP contribution in [0.5, 0.6) is 0 Å². The molecule has 2 N–H and O–H groups in total. The summed E-state index contributed by atoms with van der Waals surface area (Å²) in [4.78, 5) is 19.7. The number of aromatic amines is 1. The number of piperidine rings is 1. The second kappa shape index (κ2) is 11.0. The molecule has 2 heterocycles. The monoisotopic (exact) mass is 495 g/mol. The molecule has 0 saturated carbocycles. The third-order valence-corrected chi connectivity index (χ3v) is 6.26. The van der Waals surface area contributed by atoms with Crippen molar-refractivity contribution in [3.63, 3.8) is 0 Å². The molecule has 0 bridgehead atoms. The van der Waals surface area contributed by atoms with Crippen molar-refractivity contribution < 1.29 is 23.1 Å². The summed E-state index contributed by atoms with van der Waals surface area (Å²) >= 11 is 0. The second-order valence-electron chi connectivity index (χ2n) is 8.97. The number of fused-ring (bicyclic) bond motifs is 1. The summed E-state index contributed by atoms with van der Waals surface area (Å²) in [5.41, 5.74) is 8.37. The maximum Gasteiger partial charge on any atom is 0.490 e. The van der Waals surface area contributed by atoms with Crippen molar-refractivity contribution in [2.75, 3.05) is 13.1 Å². The van der Waals surface area contributed by atoms with Gasteiger partial charge in [0.2, 0.25) is 0 Å². The molecule has 0 amide bonds. The number of rotatable bonds is 4. The third kappa shape index (κ3) is 6.31. The van der Waals surface area contributed by atoms with Crippen LogP contribution in [0.2, 0.25) is 0 Å². The first-order chi connectivity index (χ1) is 17.2. The first kappa shape index (κ1) is 25.4. The number of carbonyl (C=O) groups is 1. The predicted octanol–water partition coefficient (Wildman–Crippen LogP) is 6.82. The van der Waals surface area contributed by atoms with Crippen LogP contribution in [0.4, 0.5) is 13.2 Å². The van der Waals surface area contributed by atoms with Gasteiger partial charge in [-0.15, -0.1) is 0 Å². The summed E-state index contributed by atoms with van der Waals surface area (Å²) in [5.74, 6) is -1.83. The number of hydrogen-bond acceptors (Lipinski definition) is 3. The Hall–Kier alpha value is -3.65. The lowest BCUT2D eigenvalue weighted by molar-refractivity contribution is -0.192. The molecule has 4 aromatic rings. The summed E-state index contributed by atoms with van der Waals surface area (Å²) in [6, 6.07) is 24.0. The number of H-pyrrole nitrogens is 1. The Labute approximate surface area is 207 Å². The number of carboxylic acid groups (broad SMARTS) is 1. The average Bonchev–Trinajstić information content (AvgIpc) is 3.31. The zero-order valence-corrected chi connectivity index (χ0v) is 20.0. The van der Waals surface area contributed by atoms with Gasteiger partial charge >= 0.3 is 12.1 Å². The topological polar surface area (TPSA) is 69.2 Å². The zero-order chi connectivity index (χ0) is 25.7. The molecule has 0 aliphatic carbocycles. The number of hydrogen-bond donors (Lipinski definition) is 2. The van der Waals surface area contributed by atoms with Gasteiger partial charge in [-0.1, -0.05) is 67.1 Å². The summed E-state index contributed by atoms with van der Waals surface area (Å²) in [7, 11) is 0. The number of likely N-dealkylation sites (tertiary alicyclic amines) is 1. The fourth-order valence-electron chi connectivity index (χ4n) is 4.31. The highest BCUT2D eigenvalue weighted by molar-refractivity contribution is 5.82. The number of carboxylic acids is 1. The largest absolute Gasteiger partial charge is 0.490 e. The summed E-state index contributed by atoms with van der Waals surface area (Å²) in [5, 5.41) is 7.12. The summed E-state index contributed by atoms with van der Waals surface area (Å²) in [6.45, 7) is 5.66. The Morgan fingerprint density at radius 2 is 1.47 bits per heavy atom. The van der Waals surface area contributed by atoms with Crippen LogP contribution in [0.15, 0.2) is 66.7 Å². The fourth-order valence-corrected chi connectivity index (χ4v) is 4.31. The van der Waals surface area contributed by atoms with Gasteiger partial charge in [0.05, 0.1) is 11.0 Å². The molecule has 3 aromatic carbocycles. The third-order valence-electron chi connectivity index (χ3n) is 6.26. The SMILES string of the molecule is Cc1cccc2[nH]c(-c3ccc(-c4ccc(CN5CCCCC5)cc4)cc3)nc12.O=C(O)C(F)(F)F. The molecule has 8 heteroatoms. The molecular formula is C28H28F3N3O2. The van der Waals surface area contributed by atoms with Crippen LogP contribution in [0, 0.1) is 6.92 Å². The maximum atomic E-state index is 10.6. The standard InChI is InChI=1S/C26H27N3.C2HF3O2/c1-19-6-5-7-24-25(19)28-26(27-24)23-14-12-22(13-15-23)21-10-8-20(9-11-21)18-29-16-3-2-4-17-29;3-2(4,5)1(6)7/h5-15H,2-4,16-18H2,1H3,(H,27,28);(H,6,7). The number of alkyl halides is 3. The van der Waals surface area contributed by atoms with Gasteiger partial charge < -0.3 is 10.1 Å². The van der Waals surface area contributed by atoms with E-state index in [0.29, 0.717) is 0 Å². The van der Waals surface area contributed by atoms with E-state index in [0.717, 1.165) is 29.0 Å². The van der Waals surface area contributed by atoms with Crippen LogP contribution in [0.3, 0.4) is 0 Å². The van der Waals surface area contributed by atoms with Crippen LogP contribution in [0.25, 0.3) is 33.5 Å². The molecule has 5 nitrogen and oxygen atoms in total. The Morgan fingerprint density at radius 1 is 0.917 bits per heavy atom. The van der Waals surface area contributed by atoms with Crippen molar-refractivity contribution in [1.29, 1.82) is 0 Å². The van der Waals surface area contributed by atoms with Gasteiger partial charge in [0, 0.05) is 12.1 Å². The van der Waals surface area contributed by atoms with Gasteiger partial charge in [-0.25, -0.2) is 9.78 Å². The molecule has 188 valence electrons. The minimum atomic E-state index is -5.08. The smallest absolute Gasteiger partial charge is 0.475 e. The molecule has 0 radical (unpaired) electrons. The Kier molecular flexibility index (Phi) is 7.74. The fraction of sp³-hybridized carbons (Fsp3) is 0.286. The number of benzene rings is 3. The number of aromatic nitrogens is 2. The Bertz CT molecular complexity index is 1310. The predicted molar refractivity (Wildman–Crippen MR) is 135 cm³/mol. The lowest BCUT2D eigenvalue weighted by atomic mass is 10.0. The van der Waals surface area contributed by atoms with Crippen molar-refractivity contribution >= 4 is 17.0 Å². The molecule has 1 aliphatic rings. The van der Waals surface area contributed by atoms with Gasteiger partial charge in [0.1, 0.15) is 5.82 Å². The minimum Gasteiger partial charge on any atom is -0.475 e. The van der Waals surface area contributed by atoms with Crippen molar-refractivity contribution in [3.8, 4) is 22.5 Å². The lowest BCUT2D eigenvalue weighted by Crippen LogP contribution is -2.28. The molecule has 5 rings (SSSR count). The van der Waals surface area contributed by atoms with E-state index in [1.165, 1.54) is 54.6 Å². The van der Waals surface area contributed by atoms with E-state index in [-0.39, 0.29) is 0 Å². The van der Waals surface area contributed by atoms with Gasteiger partial charge in [-0.2, -0.15) is 13.2 Å². The normalized spacial score (nSPS) is 14.3. The number of aliphatic carboxylic acids is 1. The number of aryl methyl sites for hydroxylation is 1. The molecule has 36 heavy (non-hydrogen) atoms. The molecule has 1 aliphatic heterocycles. The zero-order valence-electron chi connectivity index (χ0n) is 20.0. The quantitative estimate of drug-likeness (QED) is 0.326. The van der Waals surface area contributed by atoms with Crippen LogP contribution >= 0.6 is 0 Å². The minimum absolute atomic E-state index is 0.928. The van der Waals surface area contributed by atoms with Gasteiger partial charge in [-0.3, -0.25) is 4.90 Å². The van der Waals surface area contributed by atoms with Gasteiger partial charge in [0.25, 0.3) is 0 Å². The molecule has 1 saturated heterocycles. The lowest BCUT2D eigenvalue weighted by Gasteiger charge is -2.26. The second-order valence-corrected chi connectivity index (χ2v) is 8.97. The van der Waals surface area contributed by atoms with Crippen molar-refractivity contribution in [1.82, 2.24) is 14.9 Å². The van der Waals surface area contributed by atoms with E-state index < -0.39 is 12.1 Å². The molecule has 0 spiro atoms. The Balaban J connectivity index is 0.000000384. The number of halogens is 3. The number of nitrogens with zero attached hydrogens (tertiary/aromatic N) is 2. The Morgan fingerprint density at radius 3 is 2.03 bits per heavy atom. The maximum absolute atomic E-state index is 10.6. The first-order valence-electron chi connectivity index (χ1n) is 11.9. The van der Waals surface area contributed by atoms with Crippen molar-refractivity contribution in [3.05, 3.63) is 77.9 Å². The van der Waals surface area contributed by atoms with E-state index in [4.69, 9.17) is 14.9 Å². The van der Waals surface area contributed by atoms with Crippen LogP contribution in [-0.2, 0) is 11.3 Å². The first-order valence-corrected chi connectivity index (χ1v) is 11.9. The molecule has 0 unspecified atom stereocenters. The van der Waals surface area contributed by atoms with E-state index in [2.05, 4.69) is 83.5 Å². The van der Waals surface area contributed by atoms with E-state index >= 15 is 0 Å². The molecule has 1 fully saturated rings. The molecule has 1 aromatic heterocycles. The van der Waals surface area contributed by atoms with Crippen molar-refractivity contribution in [2.45, 2.75) is 38.9 Å². The van der Waals surface area contributed by atoms with Crippen LogP contribution < -0.4 is 0 Å². The van der Waals surface area contributed by atoms with E-state index in [1.807, 2.05) is 0 Å². The highest BCUT2D eigenvalue weighted by atomic mass is 19.4. The van der Waals surface area contributed by atoms with Gasteiger partial charge in [0.15, 0.2) is 0 Å². The highest BCUT2D eigenvalue weighted by Gasteiger charge is 2.38. The number of imidazole rings is 1. The summed E-state index contributed by atoms with van der Waals surface area (Å²) in [6.07, 6.45) is -1.01. The highest BCUT2D eigenvalue weighted by Crippen LogP contribution is 2.26. The number of nitrogens with one attached hydrogen (secondary N) is 1. The van der Waals surface area contributed by atoms with Crippen LogP contribution in [0.1, 0.15) is 30.4 Å². The van der Waals surface area contributed by atoms with E-state index in [9.17, 15) is 13.2 Å². The molecular weight excluding hydrogens is 467 g/mol. The molecule has 0 atom stereocenters. The van der Waals surface area contributed by atoms with Crippen molar-refractivity contribution in [2.24, 2.45) is 0 Å². The average molecular weight is 496 g/mol. The van der Waals surface area contributed by atoms with E-state index in [1.54, 1.807) is 0 Å². The van der Waals surface area contributed by atoms with Crippen LogP contribution in [-0.4, -0.2) is 45.2 Å². The number of para-hydroxylation sites is 1.